The maximum Gasteiger partial charge on any atom is 0.264 e. The lowest BCUT2D eigenvalue weighted by molar-refractivity contribution is -0.140. The molecule has 0 spiro atoms. The third-order valence-corrected chi connectivity index (χ3v) is 7.87. The van der Waals surface area contributed by atoms with Crippen LogP contribution in [-0.2, 0) is 26.2 Å². The van der Waals surface area contributed by atoms with Gasteiger partial charge >= 0.3 is 0 Å². The van der Waals surface area contributed by atoms with Crippen molar-refractivity contribution >= 4 is 27.5 Å². The van der Waals surface area contributed by atoms with Crippen LogP contribution in [0.2, 0.25) is 0 Å². The summed E-state index contributed by atoms with van der Waals surface area (Å²) in [7, 11) is -2.54. The van der Waals surface area contributed by atoms with Crippen molar-refractivity contribution in [3.63, 3.8) is 0 Å². The molecule has 1 N–H and O–H groups in total. The molecular weight excluding hydrogens is 474 g/mol. The number of aryl methyl sites for hydroxylation is 2. The molecule has 0 fully saturated rings. The third kappa shape index (κ3) is 6.12. The van der Waals surface area contributed by atoms with E-state index in [2.05, 4.69) is 5.32 Å². The Morgan fingerprint density at radius 2 is 1.50 bits per heavy atom. The normalized spacial score (nSPS) is 12.0. The molecule has 190 valence electrons. The number of amides is 2. The predicted molar refractivity (Wildman–Crippen MR) is 142 cm³/mol. The van der Waals surface area contributed by atoms with Crippen LogP contribution in [0, 0.1) is 13.8 Å². The van der Waals surface area contributed by atoms with Gasteiger partial charge in [-0.3, -0.25) is 13.9 Å². The molecule has 1 atom stereocenters. The minimum atomic E-state index is -4.07. The Kier molecular flexibility index (Phi) is 8.88. The van der Waals surface area contributed by atoms with Gasteiger partial charge in [-0.05, 0) is 49.6 Å². The van der Waals surface area contributed by atoms with Crippen LogP contribution < -0.4 is 9.62 Å². The second-order valence-electron chi connectivity index (χ2n) is 8.66. The number of likely N-dealkylation sites (N-methyl/N-ethyl adjacent to an activating group) is 1. The highest BCUT2D eigenvalue weighted by molar-refractivity contribution is 7.92. The molecular formula is C28H33N3O4S. The fourth-order valence-corrected chi connectivity index (χ4v) is 5.54. The summed E-state index contributed by atoms with van der Waals surface area (Å²) in [5, 5.41) is 2.63. The lowest BCUT2D eigenvalue weighted by Gasteiger charge is -2.33. The molecule has 0 unspecified atom stereocenters. The second kappa shape index (κ2) is 11.9. The van der Waals surface area contributed by atoms with E-state index in [-0.39, 0.29) is 17.3 Å². The standard InChI is InChI=1S/C28H33N3O4S/c1-5-25(28(33)29-4)30(19-23-12-7-6-8-13-23)27(32)20-31(26-14-10-9-11-22(26)3)36(34,35)24-17-15-21(2)16-18-24/h6-18,25H,5,19-20H2,1-4H3,(H,29,33)/t25-/m0/s1. The van der Waals surface area contributed by atoms with E-state index in [1.54, 1.807) is 49.4 Å². The largest absolute Gasteiger partial charge is 0.357 e. The molecule has 0 aliphatic carbocycles. The molecule has 0 saturated heterocycles. The summed E-state index contributed by atoms with van der Waals surface area (Å²) in [6, 6.07) is 22.2. The maximum atomic E-state index is 13.8. The van der Waals surface area contributed by atoms with Crippen LogP contribution in [0.25, 0.3) is 0 Å². The molecule has 0 radical (unpaired) electrons. The van der Waals surface area contributed by atoms with Gasteiger partial charge in [0, 0.05) is 13.6 Å². The van der Waals surface area contributed by atoms with Gasteiger partial charge in [0.2, 0.25) is 11.8 Å². The van der Waals surface area contributed by atoms with E-state index < -0.39 is 28.5 Å². The Labute approximate surface area is 213 Å². The van der Waals surface area contributed by atoms with Gasteiger partial charge in [0.1, 0.15) is 12.6 Å². The van der Waals surface area contributed by atoms with Gasteiger partial charge in [0.25, 0.3) is 10.0 Å². The summed E-state index contributed by atoms with van der Waals surface area (Å²) in [4.78, 5) is 28.1. The summed E-state index contributed by atoms with van der Waals surface area (Å²) >= 11 is 0. The number of sulfonamides is 1. The van der Waals surface area contributed by atoms with Gasteiger partial charge in [0.15, 0.2) is 0 Å². The number of carbonyl (C=O) groups is 2. The molecule has 0 heterocycles. The van der Waals surface area contributed by atoms with Crippen molar-refractivity contribution in [3.8, 4) is 0 Å². The number of anilines is 1. The van der Waals surface area contributed by atoms with E-state index in [0.29, 0.717) is 17.7 Å². The van der Waals surface area contributed by atoms with Crippen molar-refractivity contribution in [2.45, 2.75) is 44.7 Å². The zero-order chi connectivity index (χ0) is 26.3. The smallest absolute Gasteiger partial charge is 0.264 e. The topological polar surface area (TPSA) is 86.8 Å². The first-order valence-corrected chi connectivity index (χ1v) is 13.3. The number of hydrogen-bond acceptors (Lipinski definition) is 4. The van der Waals surface area contributed by atoms with Crippen LogP contribution in [0.15, 0.2) is 83.8 Å². The summed E-state index contributed by atoms with van der Waals surface area (Å²) in [5.74, 6) is -0.765. The van der Waals surface area contributed by atoms with E-state index in [0.717, 1.165) is 15.4 Å². The van der Waals surface area contributed by atoms with E-state index in [4.69, 9.17) is 0 Å². The number of benzene rings is 3. The molecule has 0 bridgehead atoms. The maximum absolute atomic E-state index is 13.8. The number of nitrogens with zero attached hydrogens (tertiary/aromatic N) is 2. The van der Waals surface area contributed by atoms with Crippen molar-refractivity contribution in [2.75, 3.05) is 17.9 Å². The van der Waals surface area contributed by atoms with Crippen LogP contribution in [-0.4, -0.2) is 44.8 Å². The average molecular weight is 508 g/mol. The average Bonchev–Trinajstić information content (AvgIpc) is 2.88. The number of carbonyl (C=O) groups excluding carboxylic acids is 2. The SMILES string of the molecule is CC[C@@H](C(=O)NC)N(Cc1ccccc1)C(=O)CN(c1ccccc1C)S(=O)(=O)c1ccc(C)cc1. The Bertz CT molecular complexity index is 1290. The quantitative estimate of drug-likeness (QED) is 0.449. The first-order valence-electron chi connectivity index (χ1n) is 11.9. The van der Waals surface area contributed by atoms with Gasteiger partial charge in [-0.25, -0.2) is 8.42 Å². The summed E-state index contributed by atoms with van der Waals surface area (Å²) in [6.45, 7) is 5.25. The Morgan fingerprint density at radius 3 is 2.08 bits per heavy atom. The Balaban J connectivity index is 2.06. The molecule has 36 heavy (non-hydrogen) atoms. The molecule has 0 aromatic heterocycles. The summed E-state index contributed by atoms with van der Waals surface area (Å²) < 4.78 is 28.8. The van der Waals surface area contributed by atoms with Crippen LogP contribution in [0.5, 0.6) is 0 Å². The van der Waals surface area contributed by atoms with E-state index in [1.807, 2.05) is 50.2 Å². The van der Waals surface area contributed by atoms with Crippen molar-refractivity contribution in [3.05, 3.63) is 95.6 Å². The highest BCUT2D eigenvalue weighted by Gasteiger charge is 2.33. The molecule has 8 heteroatoms. The van der Waals surface area contributed by atoms with E-state index in [1.165, 1.54) is 11.9 Å². The monoisotopic (exact) mass is 507 g/mol. The highest BCUT2D eigenvalue weighted by Crippen LogP contribution is 2.27. The minimum Gasteiger partial charge on any atom is -0.357 e. The van der Waals surface area contributed by atoms with E-state index in [9.17, 15) is 18.0 Å². The zero-order valence-electron chi connectivity index (χ0n) is 21.1. The number of para-hydroxylation sites is 1. The van der Waals surface area contributed by atoms with Crippen LogP contribution in [0.3, 0.4) is 0 Å². The molecule has 3 rings (SSSR count). The van der Waals surface area contributed by atoms with Crippen LogP contribution in [0.1, 0.15) is 30.0 Å². The van der Waals surface area contributed by atoms with Gasteiger partial charge in [-0.2, -0.15) is 0 Å². The lowest BCUT2D eigenvalue weighted by atomic mass is 10.1. The fourth-order valence-electron chi connectivity index (χ4n) is 4.06. The molecule has 3 aromatic carbocycles. The van der Waals surface area contributed by atoms with Crippen molar-refractivity contribution in [1.82, 2.24) is 10.2 Å². The van der Waals surface area contributed by atoms with Gasteiger partial charge in [-0.1, -0.05) is 73.2 Å². The van der Waals surface area contributed by atoms with Crippen molar-refractivity contribution in [1.29, 1.82) is 0 Å². The number of nitrogens with one attached hydrogen (secondary N) is 1. The fraction of sp³-hybridized carbons (Fsp3) is 0.286. The van der Waals surface area contributed by atoms with Crippen molar-refractivity contribution < 1.29 is 18.0 Å². The molecule has 0 aliphatic rings. The number of hydrogen-bond donors (Lipinski definition) is 1. The summed E-state index contributed by atoms with van der Waals surface area (Å²) in [5.41, 5.74) is 2.91. The molecule has 0 aliphatic heterocycles. The first kappa shape index (κ1) is 26.9. The zero-order valence-corrected chi connectivity index (χ0v) is 22.0. The van der Waals surface area contributed by atoms with E-state index >= 15 is 0 Å². The lowest BCUT2D eigenvalue weighted by Crippen LogP contribution is -2.51. The minimum absolute atomic E-state index is 0.0945. The van der Waals surface area contributed by atoms with Gasteiger partial charge in [-0.15, -0.1) is 0 Å². The number of rotatable bonds is 10. The van der Waals surface area contributed by atoms with Gasteiger partial charge < -0.3 is 10.2 Å². The third-order valence-electron chi connectivity index (χ3n) is 6.10. The summed E-state index contributed by atoms with van der Waals surface area (Å²) in [6.07, 6.45) is 0.382. The van der Waals surface area contributed by atoms with Crippen LogP contribution in [0.4, 0.5) is 5.69 Å². The highest BCUT2D eigenvalue weighted by atomic mass is 32.2. The molecule has 7 nitrogen and oxygen atoms in total. The van der Waals surface area contributed by atoms with Crippen molar-refractivity contribution in [2.24, 2.45) is 0 Å². The van der Waals surface area contributed by atoms with Gasteiger partial charge in [0.05, 0.1) is 10.6 Å². The molecule has 0 saturated carbocycles. The first-order chi connectivity index (χ1) is 17.2. The Hall–Kier alpha value is -3.65. The second-order valence-corrected chi connectivity index (χ2v) is 10.5. The predicted octanol–water partition coefficient (Wildman–Crippen LogP) is 4.05. The molecule has 2 amide bonds. The molecule has 3 aromatic rings. The van der Waals surface area contributed by atoms with Crippen LogP contribution >= 0.6 is 0 Å². The Morgan fingerprint density at radius 1 is 0.889 bits per heavy atom.